The smallest absolute Gasteiger partial charge is 0.326 e. The molecule has 3 unspecified atom stereocenters. The van der Waals surface area contributed by atoms with Gasteiger partial charge in [0.2, 0.25) is 17.7 Å². The summed E-state index contributed by atoms with van der Waals surface area (Å²) in [6, 6.07) is 12.2. The quantitative estimate of drug-likeness (QED) is 0.210. The third-order valence-electron chi connectivity index (χ3n) is 5.31. The fourth-order valence-electron chi connectivity index (χ4n) is 3.35. The van der Waals surface area contributed by atoms with E-state index in [1.807, 2.05) is 36.6 Å². The molecule has 10 nitrogen and oxygen atoms in total. The Labute approximate surface area is 214 Å². The highest BCUT2D eigenvalue weighted by Gasteiger charge is 2.27. The number of carboxylic acid groups (broad SMARTS) is 1. The van der Waals surface area contributed by atoms with Crippen LogP contribution in [0.25, 0.3) is 0 Å². The number of aromatic hydroxyl groups is 1. The molecule has 3 atom stereocenters. The van der Waals surface area contributed by atoms with Crippen LogP contribution in [0.2, 0.25) is 0 Å². The standard InChI is InChI=1S/C25H32N4O6S/c1-36-12-11-20(24(33)29-21(25(34)35)14-17-7-9-18(30)10-8-17)28-22(31)15-27-23(32)19(26)13-16-5-3-2-4-6-16/h2-10,19-21,30H,11-15,26H2,1H3,(H,27,32)(H,28,31)(H,29,33)(H,34,35). The molecule has 11 heteroatoms. The second-order valence-corrected chi connectivity index (χ2v) is 9.17. The van der Waals surface area contributed by atoms with Crippen molar-refractivity contribution < 1.29 is 29.4 Å². The number of nitrogens with one attached hydrogen (secondary N) is 3. The summed E-state index contributed by atoms with van der Waals surface area (Å²) in [7, 11) is 0. The van der Waals surface area contributed by atoms with E-state index < -0.39 is 41.8 Å². The fraction of sp³-hybridized carbons (Fsp3) is 0.360. The molecule has 0 fully saturated rings. The molecule has 2 aromatic rings. The van der Waals surface area contributed by atoms with E-state index in [4.69, 9.17) is 5.73 Å². The second-order valence-electron chi connectivity index (χ2n) is 8.19. The van der Waals surface area contributed by atoms with E-state index in [1.165, 1.54) is 23.9 Å². The van der Waals surface area contributed by atoms with E-state index >= 15 is 0 Å². The molecule has 0 aliphatic heterocycles. The van der Waals surface area contributed by atoms with Crippen molar-refractivity contribution in [3.63, 3.8) is 0 Å². The maximum absolute atomic E-state index is 12.8. The Bertz CT molecular complexity index is 1020. The number of phenols is 1. The first-order chi connectivity index (χ1) is 17.2. The minimum atomic E-state index is -1.23. The van der Waals surface area contributed by atoms with Gasteiger partial charge in [-0.2, -0.15) is 11.8 Å². The van der Waals surface area contributed by atoms with Crippen LogP contribution in [0.1, 0.15) is 17.5 Å². The van der Waals surface area contributed by atoms with Gasteiger partial charge in [-0.25, -0.2) is 4.79 Å². The van der Waals surface area contributed by atoms with Crippen LogP contribution in [0.15, 0.2) is 54.6 Å². The number of carbonyl (C=O) groups is 4. The molecule has 0 aliphatic rings. The van der Waals surface area contributed by atoms with Crippen LogP contribution in [0.5, 0.6) is 5.75 Å². The van der Waals surface area contributed by atoms with Crippen molar-refractivity contribution in [2.24, 2.45) is 5.73 Å². The zero-order chi connectivity index (χ0) is 26.5. The lowest BCUT2D eigenvalue weighted by molar-refractivity contribution is -0.142. The topological polar surface area (TPSA) is 171 Å². The van der Waals surface area contributed by atoms with E-state index in [0.29, 0.717) is 17.7 Å². The summed E-state index contributed by atoms with van der Waals surface area (Å²) in [5, 5.41) is 26.5. The number of rotatable bonds is 14. The summed E-state index contributed by atoms with van der Waals surface area (Å²) < 4.78 is 0. The monoisotopic (exact) mass is 516 g/mol. The molecule has 0 spiro atoms. The van der Waals surface area contributed by atoms with Gasteiger partial charge in [-0.3, -0.25) is 14.4 Å². The highest BCUT2D eigenvalue weighted by Crippen LogP contribution is 2.12. The third-order valence-corrected chi connectivity index (χ3v) is 5.96. The number of hydrogen-bond donors (Lipinski definition) is 6. The van der Waals surface area contributed by atoms with Crippen LogP contribution >= 0.6 is 11.8 Å². The zero-order valence-corrected chi connectivity index (χ0v) is 20.8. The molecule has 7 N–H and O–H groups in total. The number of carbonyl (C=O) groups excluding carboxylic acids is 3. The van der Waals surface area contributed by atoms with Crippen molar-refractivity contribution in [3.05, 3.63) is 65.7 Å². The van der Waals surface area contributed by atoms with E-state index in [-0.39, 0.29) is 25.1 Å². The number of amides is 3. The number of phenolic OH excluding ortho intramolecular Hbond substituents is 1. The van der Waals surface area contributed by atoms with E-state index in [0.717, 1.165) is 5.56 Å². The van der Waals surface area contributed by atoms with Gasteiger partial charge in [0, 0.05) is 6.42 Å². The SMILES string of the molecule is CSCCC(NC(=O)CNC(=O)C(N)Cc1ccccc1)C(=O)NC(Cc1ccc(O)cc1)C(=O)O. The molecule has 0 aromatic heterocycles. The average molecular weight is 517 g/mol. The van der Waals surface area contributed by atoms with Crippen molar-refractivity contribution in [2.75, 3.05) is 18.6 Å². The Morgan fingerprint density at radius 1 is 0.889 bits per heavy atom. The van der Waals surface area contributed by atoms with E-state index in [9.17, 15) is 29.4 Å². The average Bonchev–Trinajstić information content (AvgIpc) is 2.86. The molecule has 0 bridgehead atoms. The van der Waals surface area contributed by atoms with Crippen LogP contribution in [0, 0.1) is 0 Å². The van der Waals surface area contributed by atoms with Gasteiger partial charge in [0.05, 0.1) is 12.6 Å². The Balaban J connectivity index is 1.92. The van der Waals surface area contributed by atoms with Crippen LogP contribution in [-0.4, -0.2) is 70.6 Å². The van der Waals surface area contributed by atoms with Gasteiger partial charge in [0.1, 0.15) is 17.8 Å². The van der Waals surface area contributed by atoms with Crippen LogP contribution < -0.4 is 21.7 Å². The molecule has 2 aromatic carbocycles. The first-order valence-corrected chi connectivity index (χ1v) is 12.8. The summed E-state index contributed by atoms with van der Waals surface area (Å²) in [5.74, 6) is -2.38. The van der Waals surface area contributed by atoms with Crippen molar-refractivity contribution in [3.8, 4) is 5.75 Å². The number of hydrogen-bond acceptors (Lipinski definition) is 7. The predicted octanol–water partition coefficient (Wildman–Crippen LogP) is 0.428. The fourth-order valence-corrected chi connectivity index (χ4v) is 3.82. The first-order valence-electron chi connectivity index (χ1n) is 11.4. The van der Waals surface area contributed by atoms with Crippen LogP contribution in [-0.2, 0) is 32.0 Å². The molecule has 0 saturated heterocycles. The lowest BCUT2D eigenvalue weighted by atomic mass is 10.0. The first kappa shape index (κ1) is 28.7. The largest absolute Gasteiger partial charge is 0.508 e. The lowest BCUT2D eigenvalue weighted by Gasteiger charge is -2.22. The van der Waals surface area contributed by atoms with Gasteiger partial charge in [-0.1, -0.05) is 42.5 Å². The highest BCUT2D eigenvalue weighted by molar-refractivity contribution is 7.98. The van der Waals surface area contributed by atoms with Crippen molar-refractivity contribution in [2.45, 2.75) is 37.4 Å². The predicted molar refractivity (Wildman–Crippen MR) is 137 cm³/mol. The molecular weight excluding hydrogens is 484 g/mol. The molecule has 0 radical (unpaired) electrons. The molecule has 2 rings (SSSR count). The molecule has 3 amide bonds. The van der Waals surface area contributed by atoms with E-state index in [2.05, 4.69) is 16.0 Å². The van der Waals surface area contributed by atoms with E-state index in [1.54, 1.807) is 12.1 Å². The highest BCUT2D eigenvalue weighted by atomic mass is 32.2. The molecule has 36 heavy (non-hydrogen) atoms. The number of benzene rings is 2. The van der Waals surface area contributed by atoms with Gasteiger partial charge >= 0.3 is 5.97 Å². The summed E-state index contributed by atoms with van der Waals surface area (Å²) in [6.07, 6.45) is 2.42. The van der Waals surface area contributed by atoms with Gasteiger partial charge in [-0.15, -0.1) is 0 Å². The number of aliphatic carboxylic acids is 1. The third kappa shape index (κ3) is 9.96. The lowest BCUT2D eigenvalue weighted by Crippen LogP contribution is -2.54. The molecule has 0 saturated carbocycles. The molecule has 194 valence electrons. The maximum Gasteiger partial charge on any atom is 0.326 e. The maximum atomic E-state index is 12.8. The molecular formula is C25H32N4O6S. The van der Waals surface area contributed by atoms with Crippen molar-refractivity contribution >= 4 is 35.5 Å². The van der Waals surface area contributed by atoms with Gasteiger partial charge in [0.15, 0.2) is 0 Å². The van der Waals surface area contributed by atoms with Crippen LogP contribution in [0.4, 0.5) is 0 Å². The number of thioether (sulfide) groups is 1. The Kier molecular flexibility index (Phi) is 11.7. The summed E-state index contributed by atoms with van der Waals surface area (Å²) in [6.45, 7) is -0.375. The van der Waals surface area contributed by atoms with Gasteiger partial charge in [-0.05, 0) is 48.1 Å². The van der Waals surface area contributed by atoms with Crippen molar-refractivity contribution in [1.82, 2.24) is 16.0 Å². The minimum Gasteiger partial charge on any atom is -0.508 e. The van der Waals surface area contributed by atoms with Crippen LogP contribution in [0.3, 0.4) is 0 Å². The Hall–Kier alpha value is -3.57. The second kappa shape index (κ2) is 14.7. The summed E-state index contributed by atoms with van der Waals surface area (Å²) >= 11 is 1.47. The Morgan fingerprint density at radius 2 is 1.53 bits per heavy atom. The summed E-state index contributed by atoms with van der Waals surface area (Å²) in [4.78, 5) is 49.3. The normalized spacial score (nSPS) is 13.2. The number of carboxylic acids is 1. The number of nitrogens with two attached hydrogens (primary N) is 1. The minimum absolute atomic E-state index is 0.0000916. The summed E-state index contributed by atoms with van der Waals surface area (Å²) in [5.41, 5.74) is 7.42. The van der Waals surface area contributed by atoms with Crippen molar-refractivity contribution in [1.29, 1.82) is 0 Å². The molecule has 0 heterocycles. The van der Waals surface area contributed by atoms with Gasteiger partial charge in [0.25, 0.3) is 0 Å². The Morgan fingerprint density at radius 3 is 2.14 bits per heavy atom. The van der Waals surface area contributed by atoms with Gasteiger partial charge < -0.3 is 31.9 Å². The molecule has 0 aliphatic carbocycles. The zero-order valence-electron chi connectivity index (χ0n) is 20.0.